The highest BCUT2D eigenvalue weighted by atomic mass is 16.5. The Hall–Kier alpha value is -1.39. The van der Waals surface area contributed by atoms with Crippen molar-refractivity contribution in [2.45, 2.75) is 31.7 Å². The van der Waals surface area contributed by atoms with Gasteiger partial charge in [0.2, 0.25) is 0 Å². The van der Waals surface area contributed by atoms with Gasteiger partial charge in [-0.2, -0.15) is 0 Å². The molecule has 1 aliphatic heterocycles. The molecule has 4 nitrogen and oxygen atoms in total. The second kappa shape index (κ2) is 5.54. The van der Waals surface area contributed by atoms with Gasteiger partial charge in [-0.15, -0.1) is 0 Å². The first kappa shape index (κ1) is 13.6. The molecule has 3 rings (SSSR count). The summed E-state index contributed by atoms with van der Waals surface area (Å²) in [4.78, 5) is 4.94. The molecule has 1 saturated heterocycles. The van der Waals surface area contributed by atoms with Crippen LogP contribution in [0.3, 0.4) is 0 Å². The Morgan fingerprint density at radius 2 is 2.05 bits per heavy atom. The van der Waals surface area contributed by atoms with E-state index in [0.29, 0.717) is 0 Å². The molecule has 1 aromatic carbocycles. The summed E-state index contributed by atoms with van der Waals surface area (Å²) in [5.41, 5.74) is 2.48. The Morgan fingerprint density at radius 1 is 1.30 bits per heavy atom. The molecule has 1 aromatic heterocycles. The van der Waals surface area contributed by atoms with Crippen LogP contribution < -0.4 is 5.32 Å². The summed E-state index contributed by atoms with van der Waals surface area (Å²) in [5.74, 6) is 1.22. The van der Waals surface area contributed by atoms with Gasteiger partial charge in [-0.05, 0) is 38.1 Å². The maximum absolute atomic E-state index is 5.28. The standard InChI is InChI=1S/C16H23N3O/c1-16(7-9-17-10-8-16)15-18-13-5-3-4-6-14(13)19(15)11-12-20-2/h3-6,17H,7-12H2,1-2H3. The highest BCUT2D eigenvalue weighted by molar-refractivity contribution is 5.76. The van der Waals surface area contributed by atoms with E-state index in [-0.39, 0.29) is 5.41 Å². The first-order chi connectivity index (χ1) is 9.74. The number of hydrogen-bond donors (Lipinski definition) is 1. The molecule has 1 N–H and O–H groups in total. The van der Waals surface area contributed by atoms with Gasteiger partial charge < -0.3 is 14.6 Å². The van der Waals surface area contributed by atoms with Gasteiger partial charge in [0.25, 0.3) is 0 Å². The van der Waals surface area contributed by atoms with E-state index >= 15 is 0 Å². The van der Waals surface area contributed by atoms with Gasteiger partial charge in [0.15, 0.2) is 0 Å². The molecule has 0 bridgehead atoms. The first-order valence-corrected chi connectivity index (χ1v) is 7.40. The number of benzene rings is 1. The van der Waals surface area contributed by atoms with Crippen LogP contribution in [0, 0.1) is 0 Å². The van der Waals surface area contributed by atoms with Crippen molar-refractivity contribution in [1.82, 2.24) is 14.9 Å². The Labute approximate surface area is 120 Å². The Kier molecular flexibility index (Phi) is 3.76. The van der Waals surface area contributed by atoms with Gasteiger partial charge >= 0.3 is 0 Å². The lowest BCUT2D eigenvalue weighted by atomic mass is 9.80. The number of piperidine rings is 1. The number of nitrogens with zero attached hydrogens (tertiary/aromatic N) is 2. The minimum atomic E-state index is 0.165. The third kappa shape index (κ3) is 2.34. The van der Waals surface area contributed by atoms with Crippen molar-refractivity contribution in [2.24, 2.45) is 0 Å². The summed E-state index contributed by atoms with van der Waals surface area (Å²) in [6.45, 7) is 6.09. The van der Waals surface area contributed by atoms with Crippen LogP contribution in [0.1, 0.15) is 25.6 Å². The van der Waals surface area contributed by atoms with Crippen molar-refractivity contribution in [2.75, 3.05) is 26.8 Å². The lowest BCUT2D eigenvalue weighted by Gasteiger charge is -2.34. The number of aromatic nitrogens is 2. The molecular weight excluding hydrogens is 250 g/mol. The van der Waals surface area contributed by atoms with Gasteiger partial charge in [0.05, 0.1) is 17.6 Å². The normalized spacial score (nSPS) is 18.5. The number of para-hydroxylation sites is 2. The summed E-state index contributed by atoms with van der Waals surface area (Å²) < 4.78 is 7.63. The maximum Gasteiger partial charge on any atom is 0.116 e. The van der Waals surface area contributed by atoms with E-state index in [1.54, 1.807) is 7.11 Å². The van der Waals surface area contributed by atoms with Crippen molar-refractivity contribution in [1.29, 1.82) is 0 Å². The number of rotatable bonds is 4. The zero-order chi connectivity index (χ0) is 14.0. The molecule has 0 spiro atoms. The summed E-state index contributed by atoms with van der Waals surface area (Å²) in [5, 5.41) is 3.44. The number of imidazole rings is 1. The molecule has 0 unspecified atom stereocenters. The first-order valence-electron chi connectivity index (χ1n) is 7.40. The predicted molar refractivity (Wildman–Crippen MR) is 81.1 cm³/mol. The number of hydrogen-bond acceptors (Lipinski definition) is 3. The fourth-order valence-electron chi connectivity index (χ4n) is 3.15. The zero-order valence-electron chi connectivity index (χ0n) is 12.4. The minimum Gasteiger partial charge on any atom is -0.383 e. The SMILES string of the molecule is COCCn1c(C2(C)CCNCC2)nc2ccccc21. The van der Waals surface area contributed by atoms with Crippen molar-refractivity contribution in [3.63, 3.8) is 0 Å². The van der Waals surface area contributed by atoms with Crippen molar-refractivity contribution in [3.05, 3.63) is 30.1 Å². The van der Waals surface area contributed by atoms with E-state index in [9.17, 15) is 0 Å². The lowest BCUT2D eigenvalue weighted by Crippen LogP contribution is -2.39. The van der Waals surface area contributed by atoms with E-state index in [2.05, 4.69) is 41.1 Å². The second-order valence-electron chi connectivity index (χ2n) is 5.88. The van der Waals surface area contributed by atoms with Crippen LogP contribution in [0.5, 0.6) is 0 Å². The van der Waals surface area contributed by atoms with Crippen LogP contribution >= 0.6 is 0 Å². The molecular formula is C16H23N3O. The fraction of sp³-hybridized carbons (Fsp3) is 0.562. The molecule has 4 heteroatoms. The molecule has 20 heavy (non-hydrogen) atoms. The predicted octanol–water partition coefficient (Wildman–Crippen LogP) is 2.32. The number of ether oxygens (including phenoxy) is 1. The Bertz CT molecular complexity index is 584. The molecule has 2 heterocycles. The molecule has 0 saturated carbocycles. The maximum atomic E-state index is 5.28. The molecule has 108 valence electrons. The Morgan fingerprint density at radius 3 is 2.80 bits per heavy atom. The topological polar surface area (TPSA) is 39.1 Å². The quantitative estimate of drug-likeness (QED) is 0.929. The molecule has 0 aliphatic carbocycles. The molecule has 0 radical (unpaired) electrons. The highest BCUT2D eigenvalue weighted by Gasteiger charge is 2.33. The van der Waals surface area contributed by atoms with Crippen molar-refractivity contribution < 1.29 is 4.74 Å². The van der Waals surface area contributed by atoms with E-state index in [1.807, 2.05) is 0 Å². The monoisotopic (exact) mass is 273 g/mol. The van der Waals surface area contributed by atoms with Crippen molar-refractivity contribution >= 4 is 11.0 Å². The summed E-state index contributed by atoms with van der Waals surface area (Å²) in [7, 11) is 1.75. The highest BCUT2D eigenvalue weighted by Crippen LogP contribution is 2.34. The van der Waals surface area contributed by atoms with Crippen LogP contribution in [0.25, 0.3) is 11.0 Å². The number of nitrogens with one attached hydrogen (secondary N) is 1. The van der Waals surface area contributed by atoms with E-state index < -0.39 is 0 Å². The van der Waals surface area contributed by atoms with E-state index in [4.69, 9.17) is 9.72 Å². The molecule has 1 fully saturated rings. The Balaban J connectivity index is 2.08. The van der Waals surface area contributed by atoms with Gasteiger partial charge in [-0.1, -0.05) is 19.1 Å². The van der Waals surface area contributed by atoms with Gasteiger partial charge in [0, 0.05) is 19.1 Å². The average molecular weight is 273 g/mol. The van der Waals surface area contributed by atoms with Gasteiger partial charge in [0.1, 0.15) is 5.82 Å². The molecule has 0 amide bonds. The largest absolute Gasteiger partial charge is 0.383 e. The number of fused-ring (bicyclic) bond motifs is 1. The van der Waals surface area contributed by atoms with Crippen LogP contribution in [0.4, 0.5) is 0 Å². The van der Waals surface area contributed by atoms with Gasteiger partial charge in [-0.3, -0.25) is 0 Å². The fourth-order valence-corrected chi connectivity index (χ4v) is 3.15. The van der Waals surface area contributed by atoms with Crippen LogP contribution in [-0.4, -0.2) is 36.4 Å². The van der Waals surface area contributed by atoms with E-state index in [0.717, 1.165) is 44.6 Å². The van der Waals surface area contributed by atoms with E-state index in [1.165, 1.54) is 11.3 Å². The third-order valence-electron chi connectivity index (χ3n) is 4.42. The van der Waals surface area contributed by atoms with Crippen LogP contribution in [-0.2, 0) is 16.7 Å². The molecule has 0 atom stereocenters. The summed E-state index contributed by atoms with van der Waals surface area (Å²) >= 11 is 0. The minimum absolute atomic E-state index is 0.165. The second-order valence-corrected chi connectivity index (χ2v) is 5.88. The summed E-state index contributed by atoms with van der Waals surface area (Å²) in [6.07, 6.45) is 2.28. The molecule has 1 aliphatic rings. The van der Waals surface area contributed by atoms with Gasteiger partial charge in [-0.25, -0.2) is 4.98 Å². The summed E-state index contributed by atoms with van der Waals surface area (Å²) in [6, 6.07) is 8.41. The van der Waals surface area contributed by atoms with Crippen LogP contribution in [0.15, 0.2) is 24.3 Å². The number of methoxy groups -OCH3 is 1. The average Bonchev–Trinajstić information content (AvgIpc) is 2.85. The molecule has 2 aromatic rings. The lowest BCUT2D eigenvalue weighted by molar-refractivity contribution is 0.184. The van der Waals surface area contributed by atoms with Crippen LogP contribution in [0.2, 0.25) is 0 Å². The third-order valence-corrected chi connectivity index (χ3v) is 4.42. The zero-order valence-corrected chi connectivity index (χ0v) is 12.4. The smallest absolute Gasteiger partial charge is 0.116 e. The van der Waals surface area contributed by atoms with Crippen molar-refractivity contribution in [3.8, 4) is 0 Å².